The summed E-state index contributed by atoms with van der Waals surface area (Å²) in [4.78, 5) is 12.0. The Morgan fingerprint density at radius 1 is 0.833 bits per heavy atom. The second kappa shape index (κ2) is 6.95. The zero-order valence-electron chi connectivity index (χ0n) is 12.8. The molecule has 0 aliphatic heterocycles. The Kier molecular flexibility index (Phi) is 5.17. The molecule has 0 saturated carbocycles. The van der Waals surface area contributed by atoms with Crippen LogP contribution in [0.5, 0.6) is 0 Å². The van der Waals surface area contributed by atoms with Crippen molar-refractivity contribution in [3.05, 3.63) is 76.1 Å². The minimum Gasteiger partial charge on any atom is -0.289 e. The minimum atomic E-state index is -2.24. The summed E-state index contributed by atoms with van der Waals surface area (Å²) in [6.07, 6.45) is 1.34. The summed E-state index contributed by atoms with van der Waals surface area (Å²) in [5.41, 5.74) is 0.0772. The lowest BCUT2D eigenvalue weighted by atomic mass is 10.00. The quantitative estimate of drug-likeness (QED) is 0.239. The summed E-state index contributed by atoms with van der Waals surface area (Å²) in [6, 6.07) is 6.51. The summed E-state index contributed by atoms with van der Waals surface area (Å²) in [5.74, 6) is -10.7. The predicted molar refractivity (Wildman–Crippen MR) is 80.1 cm³/mol. The molecule has 0 heterocycles. The van der Waals surface area contributed by atoms with E-state index >= 15 is 0 Å². The van der Waals surface area contributed by atoms with E-state index in [4.69, 9.17) is 0 Å². The minimum absolute atomic E-state index is 0.236. The zero-order chi connectivity index (χ0) is 18.0. The van der Waals surface area contributed by atoms with Gasteiger partial charge in [0.25, 0.3) is 0 Å². The Bertz CT molecular complexity index is 778. The van der Waals surface area contributed by atoms with Crippen molar-refractivity contribution in [2.45, 2.75) is 19.8 Å². The Morgan fingerprint density at radius 2 is 1.29 bits per heavy atom. The molecule has 0 aromatic heterocycles. The fraction of sp³-hybridized carbons (Fsp3) is 0.167. The molecule has 0 saturated heterocycles. The number of carbonyl (C=O) groups is 1. The van der Waals surface area contributed by atoms with Crippen LogP contribution >= 0.6 is 0 Å². The summed E-state index contributed by atoms with van der Waals surface area (Å²) in [7, 11) is 0. The van der Waals surface area contributed by atoms with E-state index in [1.54, 1.807) is 12.1 Å². The number of ketones is 1. The highest BCUT2D eigenvalue weighted by Crippen LogP contribution is 2.24. The van der Waals surface area contributed by atoms with Crippen LogP contribution in [0, 0.1) is 29.1 Å². The normalized spacial score (nSPS) is 11.5. The van der Waals surface area contributed by atoms with Gasteiger partial charge < -0.3 is 0 Å². The first-order chi connectivity index (χ1) is 11.2. The topological polar surface area (TPSA) is 17.1 Å². The molecule has 1 nitrogen and oxygen atoms in total. The van der Waals surface area contributed by atoms with Crippen LogP contribution in [0.25, 0.3) is 6.08 Å². The van der Waals surface area contributed by atoms with Crippen LogP contribution < -0.4 is 0 Å². The van der Waals surface area contributed by atoms with E-state index in [1.165, 1.54) is 12.1 Å². The number of hydrogen-bond donors (Lipinski definition) is 0. The number of halogens is 5. The molecule has 0 atom stereocenters. The van der Waals surface area contributed by atoms with Crippen LogP contribution in [0.2, 0.25) is 0 Å². The van der Waals surface area contributed by atoms with Crippen molar-refractivity contribution >= 4 is 11.9 Å². The Labute approximate surface area is 135 Å². The second-order valence-corrected chi connectivity index (χ2v) is 5.46. The van der Waals surface area contributed by atoms with Gasteiger partial charge in [-0.2, -0.15) is 0 Å². The molecule has 0 fully saturated rings. The van der Waals surface area contributed by atoms with Crippen LogP contribution in [0.4, 0.5) is 22.0 Å². The Hall–Kier alpha value is -2.50. The molecule has 0 amide bonds. The zero-order valence-corrected chi connectivity index (χ0v) is 12.8. The van der Waals surface area contributed by atoms with Gasteiger partial charge in [-0.1, -0.05) is 38.1 Å². The standard InChI is InChI=1S/C18H13F5O/c1-9(2)10-3-5-11(6-4-10)13(24)8-7-12-14(19)16(21)18(23)17(22)15(12)20/h3-9H,1-2H3/b8-7+. The van der Waals surface area contributed by atoms with Crippen LogP contribution in [0.1, 0.15) is 41.3 Å². The van der Waals surface area contributed by atoms with Gasteiger partial charge in [0.2, 0.25) is 5.82 Å². The molecule has 0 unspecified atom stereocenters. The SMILES string of the molecule is CC(C)c1ccc(C(=O)/C=C/c2c(F)c(F)c(F)c(F)c2F)cc1. The highest BCUT2D eigenvalue weighted by molar-refractivity contribution is 6.06. The van der Waals surface area contributed by atoms with E-state index < -0.39 is 40.4 Å². The van der Waals surface area contributed by atoms with Crippen LogP contribution in [-0.4, -0.2) is 5.78 Å². The number of allylic oxidation sites excluding steroid dienone is 1. The van der Waals surface area contributed by atoms with Crippen molar-refractivity contribution in [2.24, 2.45) is 0 Å². The van der Waals surface area contributed by atoms with E-state index in [0.717, 1.165) is 11.6 Å². The van der Waals surface area contributed by atoms with Crippen LogP contribution in [0.3, 0.4) is 0 Å². The second-order valence-electron chi connectivity index (χ2n) is 5.46. The molecule has 2 aromatic carbocycles. The Balaban J connectivity index is 2.33. The highest BCUT2D eigenvalue weighted by Gasteiger charge is 2.24. The number of rotatable bonds is 4. The summed E-state index contributed by atoms with van der Waals surface area (Å²) in [5, 5.41) is 0. The van der Waals surface area contributed by atoms with Gasteiger partial charge in [-0.25, -0.2) is 22.0 Å². The maximum absolute atomic E-state index is 13.5. The van der Waals surface area contributed by atoms with E-state index in [2.05, 4.69) is 0 Å². The summed E-state index contributed by atoms with van der Waals surface area (Å²) >= 11 is 0. The fourth-order valence-electron chi connectivity index (χ4n) is 2.06. The molecule has 24 heavy (non-hydrogen) atoms. The van der Waals surface area contributed by atoms with Crippen LogP contribution in [0.15, 0.2) is 30.3 Å². The molecule has 6 heteroatoms. The molecule has 0 bridgehead atoms. The van der Waals surface area contributed by atoms with Crippen molar-refractivity contribution < 1.29 is 26.7 Å². The van der Waals surface area contributed by atoms with Gasteiger partial charge in [0.05, 0.1) is 5.56 Å². The average molecular weight is 340 g/mol. The van der Waals surface area contributed by atoms with Crippen molar-refractivity contribution in [1.29, 1.82) is 0 Å². The van der Waals surface area contributed by atoms with Crippen LogP contribution in [-0.2, 0) is 0 Å². The molecular weight excluding hydrogens is 327 g/mol. The maximum Gasteiger partial charge on any atom is 0.200 e. The van der Waals surface area contributed by atoms with Crippen molar-refractivity contribution in [2.75, 3.05) is 0 Å². The third kappa shape index (κ3) is 3.37. The molecular formula is C18H13F5O. The van der Waals surface area contributed by atoms with Gasteiger partial charge in [-0.15, -0.1) is 0 Å². The fourth-order valence-corrected chi connectivity index (χ4v) is 2.06. The van der Waals surface area contributed by atoms with Gasteiger partial charge in [0.1, 0.15) is 0 Å². The van der Waals surface area contributed by atoms with Crippen molar-refractivity contribution in [1.82, 2.24) is 0 Å². The van der Waals surface area contributed by atoms with E-state index in [9.17, 15) is 26.7 Å². The van der Waals surface area contributed by atoms with Gasteiger partial charge in [-0.3, -0.25) is 4.79 Å². The van der Waals surface area contributed by atoms with Crippen molar-refractivity contribution in [3.63, 3.8) is 0 Å². The molecule has 126 valence electrons. The summed E-state index contributed by atoms with van der Waals surface area (Å²) in [6.45, 7) is 3.94. The Morgan fingerprint density at radius 3 is 1.75 bits per heavy atom. The van der Waals surface area contributed by atoms with Crippen molar-refractivity contribution in [3.8, 4) is 0 Å². The van der Waals surface area contributed by atoms with Gasteiger partial charge in [-0.05, 0) is 23.6 Å². The smallest absolute Gasteiger partial charge is 0.200 e. The lowest BCUT2D eigenvalue weighted by Gasteiger charge is -2.05. The van der Waals surface area contributed by atoms with Gasteiger partial charge in [0, 0.05) is 5.56 Å². The largest absolute Gasteiger partial charge is 0.289 e. The predicted octanol–water partition coefficient (Wildman–Crippen LogP) is 5.40. The van der Waals surface area contributed by atoms with Gasteiger partial charge >= 0.3 is 0 Å². The molecule has 0 radical (unpaired) electrons. The lowest BCUT2D eigenvalue weighted by Crippen LogP contribution is -2.04. The number of benzene rings is 2. The molecule has 0 aliphatic carbocycles. The van der Waals surface area contributed by atoms with E-state index in [1.807, 2.05) is 13.8 Å². The number of hydrogen-bond acceptors (Lipinski definition) is 1. The lowest BCUT2D eigenvalue weighted by molar-refractivity contribution is 0.104. The molecule has 2 rings (SSSR count). The maximum atomic E-state index is 13.5. The van der Waals surface area contributed by atoms with E-state index in [-0.39, 0.29) is 11.5 Å². The van der Waals surface area contributed by atoms with Gasteiger partial charge in [0.15, 0.2) is 29.1 Å². The molecule has 0 N–H and O–H groups in total. The number of carbonyl (C=O) groups excluding carboxylic acids is 1. The molecule has 2 aromatic rings. The first-order valence-corrected chi connectivity index (χ1v) is 7.07. The van der Waals surface area contributed by atoms with E-state index in [0.29, 0.717) is 6.08 Å². The third-order valence-electron chi connectivity index (χ3n) is 3.51. The average Bonchev–Trinajstić information content (AvgIpc) is 2.58. The first-order valence-electron chi connectivity index (χ1n) is 7.07. The first kappa shape index (κ1) is 17.8. The molecule has 0 spiro atoms. The highest BCUT2D eigenvalue weighted by atomic mass is 19.2. The third-order valence-corrected chi connectivity index (χ3v) is 3.51. The summed E-state index contributed by atoms with van der Waals surface area (Å²) < 4.78 is 66.2. The molecule has 0 aliphatic rings. The monoisotopic (exact) mass is 340 g/mol.